The maximum absolute atomic E-state index is 13.2. The smallest absolute Gasteiger partial charge is 0.236 e. The van der Waals surface area contributed by atoms with Gasteiger partial charge in [0, 0.05) is 30.5 Å². The summed E-state index contributed by atoms with van der Waals surface area (Å²) in [5, 5.41) is 15.5. The molecule has 3 heterocycles. The van der Waals surface area contributed by atoms with Crippen LogP contribution in [0.1, 0.15) is 48.1 Å². The van der Waals surface area contributed by atoms with Crippen molar-refractivity contribution in [1.29, 1.82) is 0 Å². The molecular formula is C28H30ClN3O3. The summed E-state index contributed by atoms with van der Waals surface area (Å²) >= 11 is 6.10. The molecule has 7 heteroatoms. The number of carbonyl (C=O) groups is 1. The molecule has 1 aromatic heterocycles. The van der Waals surface area contributed by atoms with Gasteiger partial charge in [-0.1, -0.05) is 48.0 Å². The zero-order valence-electron chi connectivity index (χ0n) is 19.8. The van der Waals surface area contributed by atoms with Crippen LogP contribution in [-0.4, -0.2) is 40.5 Å². The van der Waals surface area contributed by atoms with Gasteiger partial charge in [-0.3, -0.25) is 15.1 Å². The van der Waals surface area contributed by atoms with Crippen LogP contribution in [-0.2, 0) is 27.3 Å². The number of likely N-dealkylation sites (tertiary alicyclic amines) is 1. The molecule has 1 spiro atoms. The first kappa shape index (κ1) is 23.9. The molecule has 3 aromatic rings. The Bertz CT molecular complexity index is 1180. The number of halogens is 1. The van der Waals surface area contributed by atoms with Gasteiger partial charge in [0.05, 0.1) is 24.8 Å². The van der Waals surface area contributed by atoms with Gasteiger partial charge >= 0.3 is 0 Å². The number of carbonyl (C=O) groups excluding carboxylic acids is 1. The van der Waals surface area contributed by atoms with E-state index in [0.29, 0.717) is 30.3 Å². The standard InChI is InChI=1S/C28H30ClN3O3/c1-27(34,22-10-14-30-15-11-22)26(20-6-8-23(29)9-7-20)31-18-25(33)32-16-12-28(13-17-32)24-5-3-2-4-21(24)19-35-28/h2-11,14-15,26,31,34H,12-13,16-19H2,1H3. The first-order valence-corrected chi connectivity index (χ1v) is 12.4. The molecule has 1 saturated heterocycles. The Hall–Kier alpha value is -2.77. The van der Waals surface area contributed by atoms with E-state index in [1.807, 2.05) is 23.1 Å². The summed E-state index contributed by atoms with van der Waals surface area (Å²) in [7, 11) is 0. The molecule has 2 aromatic carbocycles. The van der Waals surface area contributed by atoms with Gasteiger partial charge in [-0.25, -0.2) is 0 Å². The Kier molecular flexibility index (Phi) is 6.64. The number of benzene rings is 2. The van der Waals surface area contributed by atoms with E-state index >= 15 is 0 Å². The van der Waals surface area contributed by atoms with Crippen molar-refractivity contribution in [1.82, 2.24) is 15.2 Å². The number of ether oxygens (including phenoxy) is 1. The second-order valence-corrected chi connectivity index (χ2v) is 10.0. The number of aliphatic hydroxyl groups is 1. The number of amides is 1. The van der Waals surface area contributed by atoms with Crippen LogP contribution < -0.4 is 5.32 Å². The van der Waals surface area contributed by atoms with Crippen LogP contribution in [0, 0.1) is 0 Å². The fourth-order valence-corrected chi connectivity index (χ4v) is 5.49. The third-order valence-corrected chi connectivity index (χ3v) is 7.68. The van der Waals surface area contributed by atoms with E-state index in [9.17, 15) is 9.90 Å². The van der Waals surface area contributed by atoms with E-state index in [4.69, 9.17) is 16.3 Å². The van der Waals surface area contributed by atoms with E-state index in [2.05, 4.69) is 28.5 Å². The van der Waals surface area contributed by atoms with Crippen molar-refractivity contribution in [2.24, 2.45) is 0 Å². The number of hydrogen-bond donors (Lipinski definition) is 2. The Balaban J connectivity index is 1.28. The molecule has 6 nitrogen and oxygen atoms in total. The Labute approximate surface area is 210 Å². The molecule has 2 aliphatic rings. The summed E-state index contributed by atoms with van der Waals surface area (Å²) in [5.41, 5.74) is 2.52. The minimum Gasteiger partial charge on any atom is -0.383 e. The summed E-state index contributed by atoms with van der Waals surface area (Å²) in [6, 6.07) is 18.8. The summed E-state index contributed by atoms with van der Waals surface area (Å²) in [5.74, 6) is 0.00984. The molecule has 2 unspecified atom stereocenters. The molecule has 5 rings (SSSR count). The highest BCUT2D eigenvalue weighted by Gasteiger charge is 2.43. The largest absolute Gasteiger partial charge is 0.383 e. The summed E-state index contributed by atoms with van der Waals surface area (Å²) < 4.78 is 6.24. The van der Waals surface area contributed by atoms with E-state index in [-0.39, 0.29) is 18.1 Å². The lowest BCUT2D eigenvalue weighted by Gasteiger charge is -2.40. The third kappa shape index (κ3) is 4.71. The van der Waals surface area contributed by atoms with Gasteiger partial charge in [-0.15, -0.1) is 0 Å². The second-order valence-electron chi connectivity index (χ2n) is 9.57. The van der Waals surface area contributed by atoms with E-state index in [0.717, 1.165) is 18.4 Å². The molecule has 1 fully saturated rings. The van der Waals surface area contributed by atoms with Gasteiger partial charge in [-0.2, -0.15) is 0 Å². The minimum atomic E-state index is -1.27. The van der Waals surface area contributed by atoms with Gasteiger partial charge in [0.25, 0.3) is 0 Å². The van der Waals surface area contributed by atoms with Gasteiger partial charge in [0.1, 0.15) is 5.60 Å². The normalized spacial score (nSPS) is 19.2. The van der Waals surface area contributed by atoms with Crippen LogP contribution >= 0.6 is 11.6 Å². The quantitative estimate of drug-likeness (QED) is 0.537. The van der Waals surface area contributed by atoms with Crippen LogP contribution in [0.4, 0.5) is 0 Å². The fraction of sp³-hybridized carbons (Fsp3) is 0.357. The Morgan fingerprint density at radius 2 is 1.83 bits per heavy atom. The molecular weight excluding hydrogens is 462 g/mol. The predicted molar refractivity (Wildman–Crippen MR) is 135 cm³/mol. The number of pyridine rings is 1. The van der Waals surface area contributed by atoms with Crippen molar-refractivity contribution >= 4 is 17.5 Å². The number of rotatable bonds is 6. The third-order valence-electron chi connectivity index (χ3n) is 7.42. The van der Waals surface area contributed by atoms with Crippen LogP contribution in [0.25, 0.3) is 0 Å². The maximum Gasteiger partial charge on any atom is 0.236 e. The first-order valence-electron chi connectivity index (χ1n) is 12.0. The van der Waals surface area contributed by atoms with Gasteiger partial charge in [-0.05, 0) is 66.3 Å². The highest BCUT2D eigenvalue weighted by molar-refractivity contribution is 6.30. The van der Waals surface area contributed by atoms with Crippen molar-refractivity contribution in [3.8, 4) is 0 Å². The van der Waals surface area contributed by atoms with Crippen molar-refractivity contribution in [3.63, 3.8) is 0 Å². The predicted octanol–water partition coefficient (Wildman–Crippen LogP) is 4.32. The molecule has 0 aliphatic carbocycles. The molecule has 0 radical (unpaired) electrons. The van der Waals surface area contributed by atoms with E-state index in [1.165, 1.54) is 11.1 Å². The van der Waals surface area contributed by atoms with Crippen LogP contribution in [0.15, 0.2) is 73.1 Å². The first-order chi connectivity index (χ1) is 16.9. The monoisotopic (exact) mass is 491 g/mol. The highest BCUT2D eigenvalue weighted by atomic mass is 35.5. The number of nitrogens with one attached hydrogen (secondary N) is 1. The number of nitrogens with zero attached hydrogens (tertiary/aromatic N) is 2. The van der Waals surface area contributed by atoms with Crippen LogP contribution in [0.5, 0.6) is 0 Å². The molecule has 0 bridgehead atoms. The van der Waals surface area contributed by atoms with Crippen molar-refractivity contribution in [2.45, 2.75) is 43.6 Å². The average Bonchev–Trinajstić information content (AvgIpc) is 3.24. The Morgan fingerprint density at radius 3 is 2.54 bits per heavy atom. The van der Waals surface area contributed by atoms with E-state index < -0.39 is 11.6 Å². The van der Waals surface area contributed by atoms with Gasteiger partial charge < -0.3 is 14.7 Å². The number of aromatic nitrogens is 1. The summed E-state index contributed by atoms with van der Waals surface area (Å²) in [4.78, 5) is 19.2. The van der Waals surface area contributed by atoms with Gasteiger partial charge in [0.15, 0.2) is 0 Å². The summed E-state index contributed by atoms with van der Waals surface area (Å²) in [6.45, 7) is 3.78. The lowest BCUT2D eigenvalue weighted by Crippen LogP contribution is -2.49. The van der Waals surface area contributed by atoms with Crippen molar-refractivity contribution in [2.75, 3.05) is 19.6 Å². The lowest BCUT2D eigenvalue weighted by atomic mass is 9.83. The van der Waals surface area contributed by atoms with Gasteiger partial charge in [0.2, 0.25) is 5.91 Å². The van der Waals surface area contributed by atoms with Crippen LogP contribution in [0.3, 0.4) is 0 Å². The van der Waals surface area contributed by atoms with Crippen LogP contribution in [0.2, 0.25) is 5.02 Å². The second kappa shape index (κ2) is 9.70. The molecule has 182 valence electrons. The maximum atomic E-state index is 13.2. The molecule has 0 saturated carbocycles. The molecule has 2 N–H and O–H groups in total. The van der Waals surface area contributed by atoms with Crippen molar-refractivity contribution < 1.29 is 14.6 Å². The highest BCUT2D eigenvalue weighted by Crippen LogP contribution is 2.44. The number of piperidine rings is 1. The lowest BCUT2D eigenvalue weighted by molar-refractivity contribution is -0.138. The molecule has 2 aliphatic heterocycles. The summed E-state index contributed by atoms with van der Waals surface area (Å²) in [6.07, 6.45) is 4.87. The number of fused-ring (bicyclic) bond motifs is 2. The SMILES string of the molecule is CC(O)(c1ccncc1)C(NCC(=O)N1CCC2(CC1)OCc1ccccc12)c1ccc(Cl)cc1. The zero-order chi connectivity index (χ0) is 24.5. The molecule has 2 atom stereocenters. The average molecular weight is 492 g/mol. The topological polar surface area (TPSA) is 74.7 Å². The minimum absolute atomic E-state index is 0.00984. The Morgan fingerprint density at radius 1 is 1.14 bits per heavy atom. The van der Waals surface area contributed by atoms with Crippen molar-refractivity contribution in [3.05, 3.63) is 100 Å². The number of hydrogen-bond acceptors (Lipinski definition) is 5. The van der Waals surface area contributed by atoms with E-state index in [1.54, 1.807) is 43.6 Å². The molecule has 35 heavy (non-hydrogen) atoms. The zero-order valence-corrected chi connectivity index (χ0v) is 20.5. The molecule has 1 amide bonds. The fourth-order valence-electron chi connectivity index (χ4n) is 5.37.